The predicted molar refractivity (Wildman–Crippen MR) is 102 cm³/mol. The third-order valence-electron chi connectivity index (χ3n) is 3.73. The van der Waals surface area contributed by atoms with Crippen molar-refractivity contribution in [3.8, 4) is 10.7 Å². The smallest absolute Gasteiger partial charge is 0.252 e. The fraction of sp³-hybridized carbons (Fsp3) is 0.118. The number of thiazole rings is 1. The Morgan fingerprint density at radius 2 is 2.19 bits per heavy atom. The van der Waals surface area contributed by atoms with Gasteiger partial charge in [0.1, 0.15) is 5.82 Å². The normalized spacial score (nSPS) is 11.2. The zero-order chi connectivity index (χ0) is 18.1. The molecule has 4 aromatic rings. The molecule has 0 radical (unpaired) electrons. The fourth-order valence-corrected chi connectivity index (χ4v) is 4.24. The number of aromatic nitrogens is 3. The number of rotatable bonds is 5. The van der Waals surface area contributed by atoms with E-state index >= 15 is 0 Å². The largest absolute Gasteiger partial charge is 0.352 e. The minimum atomic E-state index is -0.472. The summed E-state index contributed by atoms with van der Waals surface area (Å²) in [5.74, 6) is -0.102. The summed E-state index contributed by atoms with van der Waals surface area (Å²) in [7, 11) is 0. The van der Waals surface area contributed by atoms with Crippen LogP contribution in [0, 0.1) is 5.82 Å². The van der Waals surface area contributed by atoms with Gasteiger partial charge in [0.05, 0.1) is 21.2 Å². The molecule has 3 aromatic heterocycles. The lowest BCUT2D eigenvalue weighted by Crippen LogP contribution is -2.26. The zero-order valence-corrected chi connectivity index (χ0v) is 15.7. The zero-order valence-electron chi connectivity index (χ0n) is 13.3. The lowest BCUT2D eigenvalue weighted by molar-refractivity contribution is 0.0954. The lowest BCUT2D eigenvalue weighted by atomic mass is 10.2. The average molecular weight is 407 g/mol. The number of nitrogens with one attached hydrogen (secondary N) is 1. The van der Waals surface area contributed by atoms with Crippen LogP contribution in [0.25, 0.3) is 15.7 Å². The van der Waals surface area contributed by atoms with Crippen LogP contribution in [-0.2, 0) is 6.42 Å². The molecular formula is C17H12ClFN4OS2. The monoisotopic (exact) mass is 406 g/mol. The van der Waals surface area contributed by atoms with Crippen LogP contribution < -0.4 is 5.32 Å². The van der Waals surface area contributed by atoms with Crippen LogP contribution in [-0.4, -0.2) is 27.0 Å². The third kappa shape index (κ3) is 3.35. The van der Waals surface area contributed by atoms with Gasteiger partial charge in [-0.15, -0.1) is 27.8 Å². The SMILES string of the molecule is O=C(NCCc1csc2nc(-c3cccs3)nn12)c1ccc(F)cc1Cl. The Labute approximate surface area is 161 Å². The molecule has 0 bridgehead atoms. The molecule has 0 saturated heterocycles. The molecule has 4 rings (SSSR count). The summed E-state index contributed by atoms with van der Waals surface area (Å²) in [6.07, 6.45) is 0.595. The van der Waals surface area contributed by atoms with Crippen molar-refractivity contribution in [3.05, 3.63) is 63.2 Å². The molecule has 0 aliphatic rings. The number of benzene rings is 1. The Kier molecular flexibility index (Phi) is 4.71. The summed E-state index contributed by atoms with van der Waals surface area (Å²) in [6.45, 7) is 0.409. The minimum absolute atomic E-state index is 0.0947. The first-order valence-electron chi connectivity index (χ1n) is 7.72. The number of thiophene rings is 1. The summed E-state index contributed by atoms with van der Waals surface area (Å²) >= 11 is 9.01. The molecule has 1 aromatic carbocycles. The van der Waals surface area contributed by atoms with Crippen molar-refractivity contribution in [2.75, 3.05) is 6.54 Å². The van der Waals surface area contributed by atoms with Crippen LogP contribution in [0.3, 0.4) is 0 Å². The van der Waals surface area contributed by atoms with Crippen molar-refractivity contribution in [2.45, 2.75) is 6.42 Å². The van der Waals surface area contributed by atoms with Crippen molar-refractivity contribution in [3.63, 3.8) is 0 Å². The summed E-state index contributed by atoms with van der Waals surface area (Å²) in [6, 6.07) is 7.66. The van der Waals surface area contributed by atoms with Gasteiger partial charge < -0.3 is 5.32 Å². The van der Waals surface area contributed by atoms with Crippen LogP contribution in [0.4, 0.5) is 4.39 Å². The van der Waals surface area contributed by atoms with Crippen molar-refractivity contribution in [1.29, 1.82) is 0 Å². The van der Waals surface area contributed by atoms with E-state index in [4.69, 9.17) is 11.6 Å². The number of carbonyl (C=O) groups excluding carboxylic acids is 1. The molecule has 1 amide bonds. The van der Waals surface area contributed by atoms with Gasteiger partial charge in [-0.3, -0.25) is 4.79 Å². The molecule has 1 N–H and O–H groups in total. The van der Waals surface area contributed by atoms with E-state index in [1.165, 1.54) is 23.5 Å². The molecule has 0 aliphatic carbocycles. The Hall–Kier alpha value is -2.29. The van der Waals surface area contributed by atoms with Crippen molar-refractivity contribution in [2.24, 2.45) is 0 Å². The third-order valence-corrected chi connectivity index (χ3v) is 5.78. The molecule has 0 atom stereocenters. The maximum atomic E-state index is 13.1. The van der Waals surface area contributed by atoms with Gasteiger partial charge >= 0.3 is 0 Å². The van der Waals surface area contributed by atoms with Gasteiger partial charge in [-0.1, -0.05) is 17.7 Å². The molecule has 26 heavy (non-hydrogen) atoms. The fourth-order valence-electron chi connectivity index (χ4n) is 2.48. The van der Waals surface area contributed by atoms with Gasteiger partial charge in [0.15, 0.2) is 5.82 Å². The summed E-state index contributed by atoms with van der Waals surface area (Å²) in [4.78, 5) is 18.5. The van der Waals surface area contributed by atoms with Gasteiger partial charge in [0.25, 0.3) is 5.91 Å². The molecule has 5 nitrogen and oxygen atoms in total. The van der Waals surface area contributed by atoms with Gasteiger partial charge in [-0.2, -0.15) is 4.98 Å². The van der Waals surface area contributed by atoms with Gasteiger partial charge in [-0.05, 0) is 29.6 Å². The first-order chi connectivity index (χ1) is 12.6. The number of nitrogens with zero attached hydrogens (tertiary/aromatic N) is 3. The molecule has 9 heteroatoms. The van der Waals surface area contributed by atoms with Gasteiger partial charge in [-0.25, -0.2) is 8.91 Å². The van der Waals surface area contributed by atoms with E-state index < -0.39 is 5.82 Å². The predicted octanol–water partition coefficient (Wildman–Crippen LogP) is 4.28. The first kappa shape index (κ1) is 17.1. The van der Waals surface area contributed by atoms with Gasteiger partial charge in [0, 0.05) is 18.3 Å². The molecule has 0 fully saturated rings. The van der Waals surface area contributed by atoms with Crippen molar-refractivity contribution < 1.29 is 9.18 Å². The highest BCUT2D eigenvalue weighted by atomic mass is 35.5. The molecule has 132 valence electrons. The Balaban J connectivity index is 1.44. The van der Waals surface area contributed by atoms with Crippen LogP contribution in [0.15, 0.2) is 41.1 Å². The first-order valence-corrected chi connectivity index (χ1v) is 9.86. The molecule has 0 saturated carbocycles. The number of hydrogen-bond donors (Lipinski definition) is 1. The van der Waals surface area contributed by atoms with Crippen LogP contribution in [0.2, 0.25) is 5.02 Å². The van der Waals surface area contributed by atoms with E-state index in [-0.39, 0.29) is 16.5 Å². The highest BCUT2D eigenvalue weighted by molar-refractivity contribution is 7.15. The second-order valence-electron chi connectivity index (χ2n) is 5.46. The number of halogens is 2. The topological polar surface area (TPSA) is 59.3 Å². The van der Waals surface area contributed by atoms with Gasteiger partial charge in [0.2, 0.25) is 4.96 Å². The van der Waals surface area contributed by atoms with Crippen molar-refractivity contribution in [1.82, 2.24) is 19.9 Å². The second-order valence-corrected chi connectivity index (χ2v) is 7.66. The maximum absolute atomic E-state index is 13.1. The van der Waals surface area contributed by atoms with Crippen LogP contribution in [0.1, 0.15) is 16.1 Å². The molecule has 0 unspecified atom stereocenters. The summed E-state index contributed by atoms with van der Waals surface area (Å²) in [5, 5.41) is 11.4. The second kappa shape index (κ2) is 7.14. The number of amides is 1. The van der Waals surface area contributed by atoms with E-state index in [2.05, 4.69) is 15.4 Å². The summed E-state index contributed by atoms with van der Waals surface area (Å²) in [5.41, 5.74) is 1.22. The van der Waals surface area contributed by atoms with E-state index in [1.807, 2.05) is 22.9 Å². The Morgan fingerprint density at radius 1 is 1.31 bits per heavy atom. The van der Waals surface area contributed by atoms with E-state index in [0.717, 1.165) is 21.6 Å². The van der Waals surface area contributed by atoms with Crippen LogP contribution >= 0.6 is 34.3 Å². The van der Waals surface area contributed by atoms with E-state index in [9.17, 15) is 9.18 Å². The number of hydrogen-bond acceptors (Lipinski definition) is 5. The number of fused-ring (bicyclic) bond motifs is 1. The minimum Gasteiger partial charge on any atom is -0.352 e. The Morgan fingerprint density at radius 3 is 2.96 bits per heavy atom. The maximum Gasteiger partial charge on any atom is 0.252 e. The molecule has 0 spiro atoms. The molecule has 3 heterocycles. The van der Waals surface area contributed by atoms with E-state index in [0.29, 0.717) is 18.8 Å². The van der Waals surface area contributed by atoms with E-state index in [1.54, 1.807) is 15.9 Å². The number of carbonyl (C=O) groups is 1. The Bertz CT molecular complexity index is 1070. The highest BCUT2D eigenvalue weighted by Crippen LogP contribution is 2.24. The standard InChI is InChI=1S/C17H12ClFN4OS2/c18-13-8-10(19)3-4-12(13)16(24)20-6-5-11-9-26-17-21-15(22-23(11)17)14-2-1-7-25-14/h1-4,7-9H,5-6H2,(H,20,24). The molecular weight excluding hydrogens is 395 g/mol. The lowest BCUT2D eigenvalue weighted by Gasteiger charge is -2.06. The quantitative estimate of drug-likeness (QED) is 0.538. The average Bonchev–Trinajstić information content (AvgIpc) is 3.32. The highest BCUT2D eigenvalue weighted by Gasteiger charge is 2.14. The van der Waals surface area contributed by atoms with Crippen molar-refractivity contribution >= 4 is 45.1 Å². The molecule has 0 aliphatic heterocycles. The summed E-state index contributed by atoms with van der Waals surface area (Å²) < 4.78 is 14.9. The van der Waals surface area contributed by atoms with Crippen LogP contribution in [0.5, 0.6) is 0 Å².